The zero-order valence-electron chi connectivity index (χ0n) is 18.5. The van der Waals surface area contributed by atoms with Gasteiger partial charge in [0.1, 0.15) is 0 Å². The van der Waals surface area contributed by atoms with E-state index in [1.807, 2.05) is 13.8 Å². The van der Waals surface area contributed by atoms with E-state index in [9.17, 15) is 14.7 Å². The topological polar surface area (TPSA) is 139 Å². The third-order valence-corrected chi connectivity index (χ3v) is 5.47. The molecule has 0 spiro atoms. The minimum atomic E-state index is -2.27. The number of aliphatic carboxylic acids is 2. The number of rotatable bonds is 5. The fraction of sp³-hybridized carbons (Fsp3) is 0.417. The van der Waals surface area contributed by atoms with E-state index in [0.29, 0.717) is 5.92 Å². The predicted octanol–water partition coefficient (Wildman–Crippen LogP) is 1.76. The summed E-state index contributed by atoms with van der Waals surface area (Å²) >= 11 is 0. The summed E-state index contributed by atoms with van der Waals surface area (Å²) in [5.74, 6) is -3.10. The van der Waals surface area contributed by atoms with Gasteiger partial charge >= 0.3 is 11.9 Å². The largest absolute Gasteiger partial charge is 0.479 e. The van der Waals surface area contributed by atoms with Crippen molar-refractivity contribution in [2.24, 2.45) is 0 Å². The van der Waals surface area contributed by atoms with Crippen molar-refractivity contribution in [3.8, 4) is 0 Å². The van der Waals surface area contributed by atoms with Crippen LogP contribution in [0.3, 0.4) is 0 Å². The molecule has 1 unspecified atom stereocenters. The van der Waals surface area contributed by atoms with Gasteiger partial charge in [-0.1, -0.05) is 48.5 Å². The number of benzene rings is 2. The molecule has 32 heavy (non-hydrogen) atoms. The van der Waals surface area contributed by atoms with Gasteiger partial charge in [0.25, 0.3) is 0 Å². The SMILES string of the molecule is CN1CCC(c2ccccc2)c2ccc(C(C)(C)O)cc2C1.O=C(O)[C@H](O)[C@@H](O)C(=O)O. The van der Waals surface area contributed by atoms with Gasteiger partial charge in [-0.3, -0.25) is 0 Å². The lowest BCUT2D eigenvalue weighted by Crippen LogP contribution is -2.39. The number of carboxylic acid groups (broad SMARTS) is 2. The van der Waals surface area contributed by atoms with Gasteiger partial charge in [-0.05, 0) is 56.1 Å². The van der Waals surface area contributed by atoms with Crippen LogP contribution in [0.4, 0.5) is 0 Å². The Bertz CT molecular complexity index is 906. The summed E-state index contributed by atoms with van der Waals surface area (Å²) in [6, 6.07) is 17.3. The van der Waals surface area contributed by atoms with E-state index < -0.39 is 29.7 Å². The molecule has 1 aliphatic heterocycles. The summed E-state index contributed by atoms with van der Waals surface area (Å²) in [6.45, 7) is 5.74. The summed E-state index contributed by atoms with van der Waals surface area (Å²) in [5.41, 5.74) is 4.34. The Labute approximate surface area is 187 Å². The van der Waals surface area contributed by atoms with Crippen molar-refractivity contribution in [1.29, 1.82) is 0 Å². The molecule has 8 nitrogen and oxygen atoms in total. The van der Waals surface area contributed by atoms with Crippen LogP contribution in [0, 0.1) is 0 Å². The van der Waals surface area contributed by atoms with Crippen LogP contribution in [0.5, 0.6) is 0 Å². The summed E-state index contributed by atoms with van der Waals surface area (Å²) in [7, 11) is 2.17. The van der Waals surface area contributed by atoms with Crippen LogP contribution in [0.25, 0.3) is 0 Å². The molecule has 174 valence electrons. The van der Waals surface area contributed by atoms with Crippen molar-refractivity contribution in [3.63, 3.8) is 0 Å². The first-order valence-electron chi connectivity index (χ1n) is 10.3. The number of carboxylic acids is 2. The van der Waals surface area contributed by atoms with E-state index in [2.05, 4.69) is 60.5 Å². The van der Waals surface area contributed by atoms with Crippen molar-refractivity contribution >= 4 is 11.9 Å². The Morgan fingerprint density at radius 3 is 2.06 bits per heavy atom. The Hall–Kier alpha value is -2.78. The molecule has 5 N–H and O–H groups in total. The van der Waals surface area contributed by atoms with Gasteiger partial charge in [-0.2, -0.15) is 0 Å². The van der Waals surface area contributed by atoms with Crippen LogP contribution < -0.4 is 0 Å². The molecule has 2 aromatic carbocycles. The van der Waals surface area contributed by atoms with E-state index in [0.717, 1.165) is 25.1 Å². The molecule has 0 amide bonds. The number of fused-ring (bicyclic) bond motifs is 1. The average molecular weight is 446 g/mol. The lowest BCUT2D eigenvalue weighted by atomic mass is 9.84. The molecular weight excluding hydrogens is 414 g/mol. The molecule has 0 fully saturated rings. The Morgan fingerprint density at radius 2 is 1.56 bits per heavy atom. The Kier molecular flexibility index (Phi) is 8.51. The van der Waals surface area contributed by atoms with Gasteiger partial charge in [0.15, 0.2) is 12.2 Å². The lowest BCUT2D eigenvalue weighted by Gasteiger charge is -2.22. The molecule has 0 aliphatic carbocycles. The summed E-state index contributed by atoms with van der Waals surface area (Å²) < 4.78 is 0. The molecule has 1 heterocycles. The number of aliphatic hydroxyl groups excluding tert-OH is 2. The molecule has 3 atom stereocenters. The molecule has 0 saturated heterocycles. The number of nitrogens with zero attached hydrogens (tertiary/aromatic N) is 1. The molecule has 2 aromatic rings. The first-order valence-corrected chi connectivity index (χ1v) is 10.3. The van der Waals surface area contributed by atoms with E-state index >= 15 is 0 Å². The second-order valence-electron chi connectivity index (χ2n) is 8.53. The molecule has 3 rings (SSSR count). The van der Waals surface area contributed by atoms with Crippen LogP contribution >= 0.6 is 0 Å². The Balaban J connectivity index is 0.000000309. The smallest absolute Gasteiger partial charge is 0.335 e. The van der Waals surface area contributed by atoms with E-state index in [1.165, 1.54) is 16.7 Å². The van der Waals surface area contributed by atoms with Crippen molar-refractivity contribution in [3.05, 3.63) is 70.8 Å². The van der Waals surface area contributed by atoms with Gasteiger partial charge in [-0.25, -0.2) is 9.59 Å². The standard InChI is InChI=1S/C20H25NO.C4H6O6/c1-20(2,22)17-9-10-18-16(13-17)14-21(3)12-11-19(18)15-7-5-4-6-8-15;5-1(3(7)8)2(6)4(9)10/h4-10,13,19,22H,11-12,14H2,1-3H3;1-2,5-6H,(H,7,8)(H,9,10)/t;1-,2-/m.1/s1. The molecule has 1 aliphatic rings. The quantitative estimate of drug-likeness (QED) is 0.469. The molecule has 0 saturated carbocycles. The van der Waals surface area contributed by atoms with Crippen molar-refractivity contribution in [2.75, 3.05) is 13.6 Å². The maximum atomic E-state index is 10.3. The van der Waals surface area contributed by atoms with Gasteiger partial charge in [0, 0.05) is 12.5 Å². The second kappa shape index (κ2) is 10.7. The molecular formula is C24H31NO7. The van der Waals surface area contributed by atoms with Crippen LogP contribution in [0.15, 0.2) is 48.5 Å². The summed E-state index contributed by atoms with van der Waals surface area (Å²) in [5, 5.41) is 42.8. The number of aliphatic hydroxyl groups is 3. The molecule has 8 heteroatoms. The fourth-order valence-corrected chi connectivity index (χ4v) is 3.64. The second-order valence-corrected chi connectivity index (χ2v) is 8.53. The zero-order chi connectivity index (χ0) is 24.1. The third-order valence-electron chi connectivity index (χ3n) is 5.47. The van der Waals surface area contributed by atoms with Crippen LogP contribution in [-0.4, -0.2) is 68.2 Å². The highest BCUT2D eigenvalue weighted by molar-refractivity contribution is 5.83. The lowest BCUT2D eigenvalue weighted by molar-refractivity contribution is -0.165. The van der Waals surface area contributed by atoms with Gasteiger partial charge in [-0.15, -0.1) is 0 Å². The normalized spacial score (nSPS) is 18.4. The maximum absolute atomic E-state index is 10.3. The first-order chi connectivity index (χ1) is 14.9. The highest BCUT2D eigenvalue weighted by Crippen LogP contribution is 2.35. The van der Waals surface area contributed by atoms with Crippen LogP contribution in [0.1, 0.15) is 48.4 Å². The molecule has 0 bridgehead atoms. The number of hydrogen-bond acceptors (Lipinski definition) is 6. The molecule has 0 aromatic heterocycles. The Morgan fingerprint density at radius 1 is 1.00 bits per heavy atom. The van der Waals surface area contributed by atoms with Crippen molar-refractivity contribution in [2.45, 2.75) is 50.5 Å². The maximum Gasteiger partial charge on any atom is 0.335 e. The third kappa shape index (κ3) is 6.61. The molecule has 0 radical (unpaired) electrons. The highest BCUT2D eigenvalue weighted by Gasteiger charge is 2.29. The average Bonchev–Trinajstić information content (AvgIpc) is 2.90. The van der Waals surface area contributed by atoms with Gasteiger partial charge in [0.05, 0.1) is 5.60 Å². The monoisotopic (exact) mass is 445 g/mol. The minimum Gasteiger partial charge on any atom is -0.479 e. The first kappa shape index (κ1) is 25.5. The van der Waals surface area contributed by atoms with Gasteiger partial charge in [0.2, 0.25) is 0 Å². The fourth-order valence-electron chi connectivity index (χ4n) is 3.64. The van der Waals surface area contributed by atoms with E-state index in [1.54, 1.807) is 0 Å². The number of carbonyl (C=O) groups is 2. The predicted molar refractivity (Wildman–Crippen MR) is 118 cm³/mol. The van der Waals surface area contributed by atoms with E-state index in [4.69, 9.17) is 20.4 Å². The van der Waals surface area contributed by atoms with Crippen molar-refractivity contribution in [1.82, 2.24) is 4.90 Å². The van der Waals surface area contributed by atoms with Gasteiger partial charge < -0.3 is 30.4 Å². The number of hydrogen-bond donors (Lipinski definition) is 5. The minimum absolute atomic E-state index is 0.442. The van der Waals surface area contributed by atoms with Crippen LogP contribution in [-0.2, 0) is 21.7 Å². The summed E-state index contributed by atoms with van der Waals surface area (Å²) in [4.78, 5) is 21.9. The van der Waals surface area contributed by atoms with Crippen LogP contribution in [0.2, 0.25) is 0 Å². The van der Waals surface area contributed by atoms with Crippen molar-refractivity contribution < 1.29 is 35.1 Å². The zero-order valence-corrected chi connectivity index (χ0v) is 18.5. The summed E-state index contributed by atoms with van der Waals surface area (Å²) in [6.07, 6.45) is -3.40. The highest BCUT2D eigenvalue weighted by atomic mass is 16.4. The van der Waals surface area contributed by atoms with E-state index in [-0.39, 0.29) is 0 Å².